The molecule has 0 aliphatic carbocycles. The number of pyridine rings is 2. The third kappa shape index (κ3) is 3.56. The summed E-state index contributed by atoms with van der Waals surface area (Å²) < 4.78 is 26.5. The maximum Gasteiger partial charge on any atom is 0.209 e. The van der Waals surface area contributed by atoms with Crippen molar-refractivity contribution in [3.8, 4) is 0 Å². The zero-order chi connectivity index (χ0) is 15.7. The van der Waals surface area contributed by atoms with Crippen molar-refractivity contribution < 1.29 is 8.42 Å². The molecule has 1 aliphatic heterocycles. The van der Waals surface area contributed by atoms with E-state index in [-0.39, 0.29) is 6.04 Å². The molecule has 118 valence electrons. The summed E-state index contributed by atoms with van der Waals surface area (Å²) in [5, 5.41) is 0. The molecule has 3 heterocycles. The Morgan fingerprint density at radius 1 is 1.41 bits per heavy atom. The summed E-state index contributed by atoms with van der Waals surface area (Å²) in [5.74, 6) is 0. The molecule has 1 unspecified atom stereocenters. The first-order valence-corrected chi connectivity index (χ1v) is 9.73. The van der Waals surface area contributed by atoms with E-state index in [1.807, 2.05) is 12.1 Å². The normalized spacial score (nSPS) is 19.5. The smallest absolute Gasteiger partial charge is 0.209 e. The number of halogens is 1. The lowest BCUT2D eigenvalue weighted by Crippen LogP contribution is -2.47. The van der Waals surface area contributed by atoms with Crippen molar-refractivity contribution >= 4 is 42.7 Å². The molecule has 1 N–H and O–H groups in total. The third-order valence-electron chi connectivity index (χ3n) is 3.67. The summed E-state index contributed by atoms with van der Waals surface area (Å²) in [7, 11) is -3.19. The average Bonchev–Trinajstić information content (AvgIpc) is 2.44. The SMILES string of the molecule is CS(=O)(=O)NC1CCCN(c2ccnc3cc(Br)cnc23)C1. The molecule has 1 aliphatic rings. The van der Waals surface area contributed by atoms with Crippen LogP contribution in [0.15, 0.2) is 29.0 Å². The summed E-state index contributed by atoms with van der Waals surface area (Å²) in [6.07, 6.45) is 6.51. The van der Waals surface area contributed by atoms with Crippen molar-refractivity contribution in [3.63, 3.8) is 0 Å². The van der Waals surface area contributed by atoms with Crippen molar-refractivity contribution in [1.82, 2.24) is 14.7 Å². The number of rotatable bonds is 3. The highest BCUT2D eigenvalue weighted by atomic mass is 79.9. The number of hydrogen-bond acceptors (Lipinski definition) is 5. The quantitative estimate of drug-likeness (QED) is 0.874. The van der Waals surface area contributed by atoms with Crippen LogP contribution in [0, 0.1) is 0 Å². The maximum atomic E-state index is 11.4. The van der Waals surface area contributed by atoms with Gasteiger partial charge in [0.1, 0.15) is 5.52 Å². The van der Waals surface area contributed by atoms with Crippen LogP contribution in [0.5, 0.6) is 0 Å². The summed E-state index contributed by atoms with van der Waals surface area (Å²) in [6.45, 7) is 1.53. The Bertz CT molecular complexity index is 797. The minimum Gasteiger partial charge on any atom is -0.368 e. The zero-order valence-electron chi connectivity index (χ0n) is 12.2. The van der Waals surface area contributed by atoms with Crippen LogP contribution in [0.1, 0.15) is 12.8 Å². The molecule has 6 nitrogen and oxygen atoms in total. The molecule has 2 aromatic rings. The highest BCUT2D eigenvalue weighted by molar-refractivity contribution is 9.10. The van der Waals surface area contributed by atoms with Crippen LogP contribution in [-0.4, -0.2) is 43.8 Å². The molecule has 0 amide bonds. The van der Waals surface area contributed by atoms with Crippen molar-refractivity contribution in [2.24, 2.45) is 0 Å². The molecular weight excluding hydrogens is 368 g/mol. The molecular formula is C14H17BrN4O2S. The van der Waals surface area contributed by atoms with E-state index in [4.69, 9.17) is 0 Å². The Kier molecular flexibility index (Phi) is 4.33. The molecule has 0 spiro atoms. The number of hydrogen-bond donors (Lipinski definition) is 1. The van der Waals surface area contributed by atoms with Crippen LogP contribution in [0.4, 0.5) is 5.69 Å². The largest absolute Gasteiger partial charge is 0.368 e. The van der Waals surface area contributed by atoms with E-state index >= 15 is 0 Å². The van der Waals surface area contributed by atoms with E-state index in [0.717, 1.165) is 40.6 Å². The summed E-state index contributed by atoms with van der Waals surface area (Å²) in [4.78, 5) is 11.0. The molecule has 0 aromatic carbocycles. The second-order valence-corrected chi connectivity index (χ2v) is 8.22. The van der Waals surface area contributed by atoms with Crippen molar-refractivity contribution in [2.75, 3.05) is 24.2 Å². The van der Waals surface area contributed by atoms with E-state index < -0.39 is 10.0 Å². The van der Waals surface area contributed by atoms with Gasteiger partial charge in [0.15, 0.2) is 0 Å². The lowest BCUT2D eigenvalue weighted by atomic mass is 10.1. The molecule has 1 saturated heterocycles. The Morgan fingerprint density at radius 3 is 3.00 bits per heavy atom. The first kappa shape index (κ1) is 15.6. The second kappa shape index (κ2) is 6.10. The fourth-order valence-corrected chi connectivity index (χ4v) is 3.96. The van der Waals surface area contributed by atoms with E-state index in [1.54, 1.807) is 12.4 Å². The minimum absolute atomic E-state index is 0.0672. The van der Waals surface area contributed by atoms with E-state index in [2.05, 4.69) is 35.5 Å². The molecule has 8 heteroatoms. The van der Waals surface area contributed by atoms with Crippen LogP contribution in [0.3, 0.4) is 0 Å². The van der Waals surface area contributed by atoms with Gasteiger partial charge in [-0.2, -0.15) is 0 Å². The molecule has 2 aromatic heterocycles. The zero-order valence-corrected chi connectivity index (χ0v) is 14.6. The number of nitrogens with one attached hydrogen (secondary N) is 1. The fraction of sp³-hybridized carbons (Fsp3) is 0.429. The van der Waals surface area contributed by atoms with Crippen LogP contribution in [0.2, 0.25) is 0 Å². The van der Waals surface area contributed by atoms with Gasteiger partial charge in [0, 0.05) is 36.0 Å². The van der Waals surface area contributed by atoms with Gasteiger partial charge in [-0.25, -0.2) is 13.1 Å². The van der Waals surface area contributed by atoms with Gasteiger partial charge in [0.2, 0.25) is 10.0 Å². The van der Waals surface area contributed by atoms with Crippen LogP contribution in [0.25, 0.3) is 11.0 Å². The molecule has 0 bridgehead atoms. The van der Waals surface area contributed by atoms with Gasteiger partial charge in [-0.05, 0) is 40.9 Å². The van der Waals surface area contributed by atoms with Crippen LogP contribution >= 0.6 is 15.9 Å². The summed E-state index contributed by atoms with van der Waals surface area (Å²) in [5.41, 5.74) is 2.66. The van der Waals surface area contributed by atoms with Crippen molar-refractivity contribution in [3.05, 3.63) is 29.0 Å². The number of anilines is 1. The molecule has 0 radical (unpaired) electrons. The molecule has 1 fully saturated rings. The minimum atomic E-state index is -3.19. The van der Waals surface area contributed by atoms with Gasteiger partial charge in [-0.1, -0.05) is 0 Å². The monoisotopic (exact) mass is 384 g/mol. The summed E-state index contributed by atoms with van der Waals surface area (Å²) >= 11 is 3.40. The number of nitrogens with zero attached hydrogens (tertiary/aromatic N) is 3. The van der Waals surface area contributed by atoms with Gasteiger partial charge in [-0.15, -0.1) is 0 Å². The average molecular weight is 385 g/mol. The number of aromatic nitrogens is 2. The highest BCUT2D eigenvalue weighted by Crippen LogP contribution is 2.27. The fourth-order valence-electron chi connectivity index (χ4n) is 2.84. The lowest BCUT2D eigenvalue weighted by molar-refractivity contribution is 0.468. The highest BCUT2D eigenvalue weighted by Gasteiger charge is 2.24. The van der Waals surface area contributed by atoms with Gasteiger partial charge < -0.3 is 4.90 Å². The molecule has 22 heavy (non-hydrogen) atoms. The summed E-state index contributed by atoms with van der Waals surface area (Å²) in [6, 6.07) is 3.80. The van der Waals surface area contributed by atoms with Gasteiger partial charge in [0.25, 0.3) is 0 Å². The molecule has 3 rings (SSSR count). The van der Waals surface area contributed by atoms with E-state index in [9.17, 15) is 8.42 Å². The Hall–Kier alpha value is -1.25. The predicted octanol–water partition coefficient (Wildman–Crippen LogP) is 1.91. The number of sulfonamides is 1. The van der Waals surface area contributed by atoms with E-state index in [0.29, 0.717) is 6.54 Å². The van der Waals surface area contributed by atoms with E-state index in [1.165, 1.54) is 6.26 Å². The lowest BCUT2D eigenvalue weighted by Gasteiger charge is -2.34. The van der Waals surface area contributed by atoms with Gasteiger partial charge in [0.05, 0.1) is 17.5 Å². The topological polar surface area (TPSA) is 75.2 Å². The Labute approximate surface area is 138 Å². The second-order valence-electron chi connectivity index (χ2n) is 5.53. The first-order chi connectivity index (χ1) is 10.4. The van der Waals surface area contributed by atoms with Gasteiger partial charge in [-0.3, -0.25) is 9.97 Å². The van der Waals surface area contributed by atoms with Crippen LogP contribution in [-0.2, 0) is 10.0 Å². The van der Waals surface area contributed by atoms with Crippen molar-refractivity contribution in [2.45, 2.75) is 18.9 Å². The standard InChI is InChI=1S/C14H17BrN4O2S/c1-22(20,21)18-11-3-2-6-19(9-11)13-4-5-16-12-7-10(15)8-17-14(12)13/h4-5,7-8,11,18H,2-3,6,9H2,1H3. The number of fused-ring (bicyclic) bond motifs is 1. The molecule has 1 atom stereocenters. The maximum absolute atomic E-state index is 11.4. The Morgan fingerprint density at radius 2 is 2.23 bits per heavy atom. The van der Waals surface area contributed by atoms with Gasteiger partial charge >= 0.3 is 0 Å². The predicted molar refractivity (Wildman–Crippen MR) is 90.5 cm³/mol. The first-order valence-electron chi connectivity index (χ1n) is 7.05. The molecule has 0 saturated carbocycles. The van der Waals surface area contributed by atoms with Crippen molar-refractivity contribution in [1.29, 1.82) is 0 Å². The third-order valence-corrected chi connectivity index (χ3v) is 4.86. The number of piperidine rings is 1. The van der Waals surface area contributed by atoms with Crippen LogP contribution < -0.4 is 9.62 Å². The Balaban J connectivity index is 1.90.